The SMILES string of the molecule is CN(C)c1ccc(N=Nc2ccc[n+](CCCBr)c2)cc1. The number of hydrogen-bond acceptors (Lipinski definition) is 3. The number of benzene rings is 1. The summed E-state index contributed by atoms with van der Waals surface area (Å²) in [4.78, 5) is 2.06. The molecule has 0 aliphatic heterocycles. The Balaban J connectivity index is 2.06. The molecule has 0 amide bonds. The highest BCUT2D eigenvalue weighted by Gasteiger charge is 2.01. The van der Waals surface area contributed by atoms with Crippen LogP contribution in [0.15, 0.2) is 59.0 Å². The highest BCUT2D eigenvalue weighted by atomic mass is 79.9. The summed E-state index contributed by atoms with van der Waals surface area (Å²) >= 11 is 3.44. The van der Waals surface area contributed by atoms with E-state index in [1.54, 1.807) is 0 Å². The highest BCUT2D eigenvalue weighted by Crippen LogP contribution is 2.20. The van der Waals surface area contributed by atoms with Crippen molar-refractivity contribution in [1.29, 1.82) is 0 Å². The van der Waals surface area contributed by atoms with Crippen LogP contribution in [0, 0.1) is 0 Å². The van der Waals surface area contributed by atoms with Crippen LogP contribution in [0.25, 0.3) is 0 Å². The third-order valence-electron chi connectivity index (χ3n) is 3.04. The van der Waals surface area contributed by atoms with Crippen LogP contribution in [-0.2, 0) is 6.54 Å². The minimum absolute atomic E-state index is 0.858. The Labute approximate surface area is 134 Å². The molecule has 0 radical (unpaired) electrons. The smallest absolute Gasteiger partial charge is 0.196 e. The topological polar surface area (TPSA) is 31.8 Å². The molecule has 0 saturated heterocycles. The van der Waals surface area contributed by atoms with Gasteiger partial charge in [0.05, 0.1) is 5.69 Å². The van der Waals surface area contributed by atoms with E-state index in [-0.39, 0.29) is 0 Å². The second kappa shape index (κ2) is 7.88. The Kier molecular flexibility index (Phi) is 5.87. The lowest BCUT2D eigenvalue weighted by atomic mass is 10.3. The molecular weight excluding hydrogens is 328 g/mol. The molecule has 21 heavy (non-hydrogen) atoms. The molecule has 5 heteroatoms. The second-order valence-electron chi connectivity index (χ2n) is 4.95. The van der Waals surface area contributed by atoms with Crippen LogP contribution >= 0.6 is 15.9 Å². The lowest BCUT2D eigenvalue weighted by Gasteiger charge is -2.11. The average Bonchev–Trinajstić information content (AvgIpc) is 2.52. The Morgan fingerprint density at radius 3 is 2.43 bits per heavy atom. The van der Waals surface area contributed by atoms with Gasteiger partial charge < -0.3 is 4.90 Å². The Morgan fingerprint density at radius 1 is 1.05 bits per heavy atom. The maximum Gasteiger partial charge on any atom is 0.196 e. The summed E-state index contributed by atoms with van der Waals surface area (Å²) < 4.78 is 2.13. The Morgan fingerprint density at radius 2 is 1.76 bits per heavy atom. The molecule has 1 aromatic heterocycles. The van der Waals surface area contributed by atoms with E-state index in [2.05, 4.69) is 35.6 Å². The van der Waals surface area contributed by atoms with E-state index in [4.69, 9.17) is 0 Å². The van der Waals surface area contributed by atoms with Crippen molar-refractivity contribution in [2.24, 2.45) is 10.2 Å². The van der Waals surface area contributed by atoms with E-state index < -0.39 is 0 Å². The van der Waals surface area contributed by atoms with Gasteiger partial charge in [-0.15, -0.1) is 5.11 Å². The van der Waals surface area contributed by atoms with Gasteiger partial charge in [-0.3, -0.25) is 0 Å². The number of alkyl halides is 1. The number of azo groups is 1. The van der Waals surface area contributed by atoms with Gasteiger partial charge >= 0.3 is 0 Å². The zero-order valence-electron chi connectivity index (χ0n) is 12.4. The van der Waals surface area contributed by atoms with Crippen LogP contribution in [0.5, 0.6) is 0 Å². The summed E-state index contributed by atoms with van der Waals surface area (Å²) in [7, 11) is 4.04. The summed E-state index contributed by atoms with van der Waals surface area (Å²) in [6, 6.07) is 12.0. The standard InChI is InChI=1S/C16H20BrN4/c1-20(2)16-8-6-14(7-9-16)18-19-15-5-3-11-21(13-15)12-4-10-17/h3,5-9,11,13H,4,10,12H2,1-2H3/q+1. The van der Waals surface area contributed by atoms with Crippen molar-refractivity contribution in [3.63, 3.8) is 0 Å². The third-order valence-corrected chi connectivity index (χ3v) is 3.60. The maximum atomic E-state index is 4.30. The second-order valence-corrected chi connectivity index (χ2v) is 5.75. The summed E-state index contributed by atoms with van der Waals surface area (Å²) in [6.07, 6.45) is 5.16. The lowest BCUT2D eigenvalue weighted by molar-refractivity contribution is -0.696. The quantitative estimate of drug-likeness (QED) is 0.436. The van der Waals surface area contributed by atoms with Crippen molar-refractivity contribution in [2.45, 2.75) is 13.0 Å². The van der Waals surface area contributed by atoms with Crippen molar-refractivity contribution in [2.75, 3.05) is 24.3 Å². The van der Waals surface area contributed by atoms with Gasteiger partial charge in [-0.1, -0.05) is 15.9 Å². The van der Waals surface area contributed by atoms with Gasteiger partial charge in [0.1, 0.15) is 12.2 Å². The predicted octanol–water partition coefficient (Wildman–Crippen LogP) is 4.24. The van der Waals surface area contributed by atoms with E-state index in [1.807, 2.05) is 62.9 Å². The Bertz CT molecular complexity index is 593. The molecule has 0 atom stereocenters. The number of aromatic nitrogens is 1. The normalized spacial score (nSPS) is 11.0. The fraction of sp³-hybridized carbons (Fsp3) is 0.312. The molecule has 1 heterocycles. The third kappa shape index (κ3) is 4.93. The van der Waals surface area contributed by atoms with E-state index in [0.717, 1.165) is 35.4 Å². The summed E-state index contributed by atoms with van der Waals surface area (Å²) in [5, 5.41) is 9.58. The zero-order chi connectivity index (χ0) is 15.1. The molecule has 0 unspecified atom stereocenters. The van der Waals surface area contributed by atoms with Crippen molar-refractivity contribution in [3.05, 3.63) is 48.8 Å². The van der Waals surface area contributed by atoms with E-state index in [0.29, 0.717) is 0 Å². The average molecular weight is 348 g/mol. The van der Waals surface area contributed by atoms with Crippen LogP contribution < -0.4 is 9.47 Å². The van der Waals surface area contributed by atoms with Crippen molar-refractivity contribution >= 4 is 33.0 Å². The molecular formula is C16H20BrN4+. The molecule has 0 fully saturated rings. The first-order valence-corrected chi connectivity index (χ1v) is 8.05. The lowest BCUT2D eigenvalue weighted by Crippen LogP contribution is -2.32. The summed E-state index contributed by atoms with van der Waals surface area (Å²) in [5.74, 6) is 0. The first-order valence-electron chi connectivity index (χ1n) is 6.93. The van der Waals surface area contributed by atoms with E-state index in [1.165, 1.54) is 0 Å². The maximum absolute atomic E-state index is 4.30. The number of halogens is 1. The molecule has 110 valence electrons. The number of rotatable bonds is 6. The molecule has 0 aliphatic carbocycles. The number of hydrogen-bond donors (Lipinski definition) is 0. The molecule has 4 nitrogen and oxygen atoms in total. The van der Waals surface area contributed by atoms with Crippen molar-refractivity contribution in [3.8, 4) is 0 Å². The summed E-state index contributed by atoms with van der Waals surface area (Å²) in [6.45, 7) is 0.978. The van der Waals surface area contributed by atoms with E-state index in [9.17, 15) is 0 Å². The molecule has 1 aromatic carbocycles. The van der Waals surface area contributed by atoms with Gasteiger partial charge in [-0.2, -0.15) is 5.11 Å². The minimum atomic E-state index is 0.858. The van der Waals surface area contributed by atoms with Crippen LogP contribution in [0.2, 0.25) is 0 Å². The molecule has 0 saturated carbocycles. The molecule has 0 N–H and O–H groups in total. The first-order chi connectivity index (χ1) is 10.2. The van der Waals surface area contributed by atoms with Gasteiger partial charge in [0, 0.05) is 37.6 Å². The van der Waals surface area contributed by atoms with Crippen LogP contribution in [-0.4, -0.2) is 19.4 Å². The monoisotopic (exact) mass is 347 g/mol. The molecule has 2 rings (SSSR count). The van der Waals surface area contributed by atoms with Gasteiger partial charge in [-0.25, -0.2) is 4.57 Å². The highest BCUT2D eigenvalue weighted by molar-refractivity contribution is 9.09. The van der Waals surface area contributed by atoms with Crippen LogP contribution in [0.1, 0.15) is 6.42 Å². The fourth-order valence-electron chi connectivity index (χ4n) is 1.88. The van der Waals surface area contributed by atoms with E-state index >= 15 is 0 Å². The first kappa shape index (κ1) is 15.6. The Hall–Kier alpha value is -1.75. The summed E-state index contributed by atoms with van der Waals surface area (Å²) in [5.41, 5.74) is 2.88. The number of aryl methyl sites for hydroxylation is 1. The number of pyridine rings is 1. The van der Waals surface area contributed by atoms with Crippen LogP contribution in [0.3, 0.4) is 0 Å². The fourth-order valence-corrected chi connectivity index (χ4v) is 2.13. The molecule has 2 aromatic rings. The molecule has 0 aliphatic rings. The van der Waals surface area contributed by atoms with Crippen molar-refractivity contribution in [1.82, 2.24) is 0 Å². The number of nitrogens with zero attached hydrogens (tertiary/aromatic N) is 4. The van der Waals surface area contributed by atoms with Gasteiger partial charge in [-0.05, 0) is 30.3 Å². The predicted molar refractivity (Wildman–Crippen MR) is 90.0 cm³/mol. The molecule has 0 bridgehead atoms. The minimum Gasteiger partial charge on any atom is -0.378 e. The van der Waals surface area contributed by atoms with Crippen LogP contribution in [0.4, 0.5) is 17.1 Å². The number of anilines is 1. The molecule has 0 spiro atoms. The largest absolute Gasteiger partial charge is 0.378 e. The van der Waals surface area contributed by atoms with Gasteiger partial charge in [0.2, 0.25) is 0 Å². The van der Waals surface area contributed by atoms with Gasteiger partial charge in [0.15, 0.2) is 12.4 Å². The van der Waals surface area contributed by atoms with Gasteiger partial charge in [0.25, 0.3) is 0 Å². The van der Waals surface area contributed by atoms with Crippen molar-refractivity contribution < 1.29 is 4.57 Å². The zero-order valence-corrected chi connectivity index (χ0v) is 14.0.